The van der Waals surface area contributed by atoms with Gasteiger partial charge in [-0.2, -0.15) is 0 Å². The fourth-order valence-electron chi connectivity index (χ4n) is 5.77. The molecule has 0 aliphatic rings. The van der Waals surface area contributed by atoms with E-state index >= 15 is 0 Å². The van der Waals surface area contributed by atoms with Crippen LogP contribution in [-0.2, 0) is 51.2 Å². The maximum atomic E-state index is 13.6. The van der Waals surface area contributed by atoms with E-state index < -0.39 is 103 Å². The Morgan fingerprint density at radius 2 is 1.32 bits per heavy atom. The van der Waals surface area contributed by atoms with Crippen LogP contribution in [0.15, 0.2) is 60.8 Å². The van der Waals surface area contributed by atoms with Crippen LogP contribution in [0.3, 0.4) is 0 Å². The van der Waals surface area contributed by atoms with Gasteiger partial charge in [0.05, 0.1) is 31.7 Å². The van der Waals surface area contributed by atoms with Crippen molar-refractivity contribution in [3.05, 3.63) is 71.9 Å². The average Bonchev–Trinajstić information content (AvgIpc) is 3.56. The smallest absolute Gasteiger partial charge is 0.326 e. The second-order valence-electron chi connectivity index (χ2n) is 14.0. The van der Waals surface area contributed by atoms with E-state index in [1.165, 1.54) is 6.92 Å². The Morgan fingerprint density at radius 1 is 0.702 bits per heavy atom. The number of aromatic nitrogens is 1. The van der Waals surface area contributed by atoms with E-state index in [2.05, 4.69) is 36.9 Å². The highest BCUT2D eigenvalue weighted by atomic mass is 16.4. The number of aromatic amines is 1. The Morgan fingerprint density at radius 3 is 1.95 bits per heavy atom. The van der Waals surface area contributed by atoms with Crippen molar-refractivity contribution in [3.63, 3.8) is 0 Å². The number of carboxylic acids is 1. The van der Waals surface area contributed by atoms with Gasteiger partial charge >= 0.3 is 5.97 Å². The second kappa shape index (κ2) is 21.7. The quantitative estimate of drug-likeness (QED) is 0.0521. The number of aliphatic hydroxyl groups excluding tert-OH is 1. The summed E-state index contributed by atoms with van der Waals surface area (Å²) in [6.45, 7) is 3.43. The van der Waals surface area contributed by atoms with Crippen LogP contribution >= 0.6 is 0 Å². The first-order valence-electron chi connectivity index (χ1n) is 18.2. The van der Waals surface area contributed by atoms with Crippen molar-refractivity contribution >= 4 is 58.2 Å². The number of fused-ring (bicyclic) bond motifs is 1. The number of aliphatic hydroxyl groups is 1. The summed E-state index contributed by atoms with van der Waals surface area (Å²) in [6.07, 6.45) is -0.0924. The molecule has 57 heavy (non-hydrogen) atoms. The molecule has 0 aliphatic carbocycles. The predicted octanol–water partition coefficient (Wildman–Crippen LogP) is -2.16. The lowest BCUT2D eigenvalue weighted by Crippen LogP contribution is -2.59. The van der Waals surface area contributed by atoms with E-state index in [-0.39, 0.29) is 25.2 Å². The molecule has 0 saturated heterocycles. The number of aliphatic carboxylic acids is 1. The Bertz CT molecular complexity index is 1900. The molecule has 0 fully saturated rings. The monoisotopic (exact) mass is 793 g/mol. The zero-order valence-corrected chi connectivity index (χ0v) is 31.9. The molecular weight excluding hydrogens is 742 g/mol. The number of para-hydroxylation sites is 1. The number of carbonyl (C=O) groups is 8. The van der Waals surface area contributed by atoms with Crippen LogP contribution in [0.2, 0.25) is 0 Å². The van der Waals surface area contributed by atoms with Crippen LogP contribution in [0.1, 0.15) is 44.7 Å². The summed E-state index contributed by atoms with van der Waals surface area (Å²) in [4.78, 5) is 104. The molecule has 308 valence electrons. The highest BCUT2D eigenvalue weighted by Crippen LogP contribution is 2.19. The topological polar surface area (TPSA) is 317 Å². The molecule has 3 rings (SSSR count). The first-order valence-corrected chi connectivity index (χ1v) is 18.2. The zero-order valence-electron chi connectivity index (χ0n) is 31.9. The molecular formula is C38H51N9O10. The van der Waals surface area contributed by atoms with Gasteiger partial charge in [0, 0.05) is 23.5 Å². The average molecular weight is 794 g/mol. The number of rotatable bonds is 22. The van der Waals surface area contributed by atoms with Crippen molar-refractivity contribution in [2.24, 2.45) is 17.4 Å². The number of primary amides is 1. The maximum Gasteiger partial charge on any atom is 0.326 e. The summed E-state index contributed by atoms with van der Waals surface area (Å²) in [7, 11) is 0. The highest BCUT2D eigenvalue weighted by molar-refractivity contribution is 5.96. The van der Waals surface area contributed by atoms with E-state index in [0.717, 1.165) is 16.5 Å². The van der Waals surface area contributed by atoms with Crippen LogP contribution in [0, 0.1) is 5.92 Å². The lowest BCUT2D eigenvalue weighted by Gasteiger charge is -2.25. The predicted molar refractivity (Wildman–Crippen MR) is 206 cm³/mol. The van der Waals surface area contributed by atoms with E-state index in [1.54, 1.807) is 50.4 Å². The second-order valence-corrected chi connectivity index (χ2v) is 14.0. The molecule has 0 bridgehead atoms. The maximum absolute atomic E-state index is 13.6. The SMILES string of the molecule is CC(C)CC(NC(=O)CNC(=O)CNC(=O)C(NC(=O)C(Cc1ccccc1)NC(=O)C(N)Cc1c[nH]c2ccccc12)C(C)O)C(=O)NC(CC(N)=O)C(=O)O. The van der Waals surface area contributed by atoms with Gasteiger partial charge in [0.2, 0.25) is 41.4 Å². The van der Waals surface area contributed by atoms with E-state index in [4.69, 9.17) is 11.5 Å². The molecule has 1 aromatic heterocycles. The molecule has 0 radical (unpaired) electrons. The standard InChI is InChI=1S/C38H51N9O10/c1-20(2)13-27(35(53)46-29(38(56)57)16-30(40)49)44-32(51)19-42-31(50)18-43-37(55)33(21(3)48)47-36(54)28(14-22-9-5-4-6-10-22)45-34(52)25(39)15-23-17-41-26-12-8-7-11-24(23)26/h4-12,17,20-21,25,27-29,33,41,48H,13-16,18-19,39H2,1-3H3,(H2,40,49)(H,42,50)(H,43,55)(H,44,51)(H,45,52)(H,46,53)(H,47,54)(H,56,57). The number of carboxylic acid groups (broad SMARTS) is 1. The Hall–Kier alpha value is -6.34. The van der Waals surface area contributed by atoms with Gasteiger partial charge in [-0.3, -0.25) is 33.6 Å². The summed E-state index contributed by atoms with van der Waals surface area (Å²) in [5.41, 5.74) is 13.7. The molecule has 6 atom stereocenters. The van der Waals surface area contributed by atoms with Crippen molar-refractivity contribution in [1.29, 1.82) is 0 Å². The minimum Gasteiger partial charge on any atom is -0.480 e. The summed E-state index contributed by atoms with van der Waals surface area (Å²) < 4.78 is 0. The van der Waals surface area contributed by atoms with Gasteiger partial charge in [-0.1, -0.05) is 62.4 Å². The lowest BCUT2D eigenvalue weighted by atomic mass is 10.0. The van der Waals surface area contributed by atoms with Gasteiger partial charge in [-0.15, -0.1) is 0 Å². The number of nitrogens with one attached hydrogen (secondary N) is 7. The third-order valence-electron chi connectivity index (χ3n) is 8.68. The molecule has 7 amide bonds. The molecule has 3 aromatic rings. The van der Waals surface area contributed by atoms with Gasteiger partial charge in [-0.05, 0) is 42.9 Å². The van der Waals surface area contributed by atoms with Crippen molar-refractivity contribution in [1.82, 2.24) is 36.9 Å². The third-order valence-corrected chi connectivity index (χ3v) is 8.68. The first kappa shape index (κ1) is 45.1. The molecule has 0 saturated carbocycles. The molecule has 0 aliphatic heterocycles. The third kappa shape index (κ3) is 14.7. The summed E-state index contributed by atoms with van der Waals surface area (Å²) in [5.74, 6) is -7.52. The highest BCUT2D eigenvalue weighted by Gasteiger charge is 2.32. The van der Waals surface area contributed by atoms with Crippen molar-refractivity contribution in [2.45, 2.75) is 82.8 Å². The molecule has 2 aromatic carbocycles. The van der Waals surface area contributed by atoms with Crippen LogP contribution in [-0.4, -0.2) is 112 Å². The normalized spacial score (nSPS) is 14.2. The lowest BCUT2D eigenvalue weighted by molar-refractivity contribution is -0.143. The number of H-pyrrole nitrogens is 1. The number of carbonyl (C=O) groups excluding carboxylic acids is 7. The number of hydrogen-bond donors (Lipinski definition) is 11. The Kier molecular flexibility index (Phi) is 17.1. The van der Waals surface area contributed by atoms with Crippen molar-refractivity contribution in [3.8, 4) is 0 Å². The summed E-state index contributed by atoms with van der Waals surface area (Å²) in [6, 6.07) is 9.63. The van der Waals surface area contributed by atoms with Gasteiger partial charge in [-0.25, -0.2) is 4.79 Å². The van der Waals surface area contributed by atoms with Gasteiger partial charge in [0.25, 0.3) is 0 Å². The van der Waals surface area contributed by atoms with Gasteiger partial charge in [0.1, 0.15) is 24.2 Å². The van der Waals surface area contributed by atoms with Gasteiger partial charge in [0.15, 0.2) is 0 Å². The van der Waals surface area contributed by atoms with Gasteiger partial charge < -0.3 is 58.6 Å². The van der Waals surface area contributed by atoms with Crippen LogP contribution in [0.4, 0.5) is 0 Å². The van der Waals surface area contributed by atoms with E-state index in [1.807, 2.05) is 24.3 Å². The van der Waals surface area contributed by atoms with Crippen LogP contribution in [0.25, 0.3) is 10.9 Å². The van der Waals surface area contributed by atoms with E-state index in [9.17, 15) is 48.6 Å². The first-order chi connectivity index (χ1) is 26.9. The molecule has 0 spiro atoms. The number of hydrogen-bond acceptors (Lipinski definition) is 10. The zero-order chi connectivity index (χ0) is 42.2. The Labute approximate surface area is 328 Å². The number of benzene rings is 2. The van der Waals surface area contributed by atoms with Crippen LogP contribution < -0.4 is 43.4 Å². The fraction of sp³-hybridized carbons (Fsp3) is 0.421. The minimum atomic E-state index is -1.62. The molecule has 19 nitrogen and oxygen atoms in total. The molecule has 19 heteroatoms. The molecule has 6 unspecified atom stereocenters. The summed E-state index contributed by atoms with van der Waals surface area (Å²) in [5, 5.41) is 34.9. The Balaban J connectivity index is 1.59. The van der Waals surface area contributed by atoms with Crippen LogP contribution in [0.5, 0.6) is 0 Å². The molecule has 13 N–H and O–H groups in total. The van der Waals surface area contributed by atoms with Crippen molar-refractivity contribution < 1.29 is 48.6 Å². The summed E-state index contributed by atoms with van der Waals surface area (Å²) >= 11 is 0. The molecule has 1 heterocycles. The minimum absolute atomic E-state index is 0.0179. The number of amides is 7. The van der Waals surface area contributed by atoms with Crippen molar-refractivity contribution in [2.75, 3.05) is 13.1 Å². The number of nitrogens with two attached hydrogens (primary N) is 2. The largest absolute Gasteiger partial charge is 0.480 e. The van der Waals surface area contributed by atoms with E-state index in [0.29, 0.717) is 5.56 Å². The fourth-order valence-corrected chi connectivity index (χ4v) is 5.77.